The van der Waals surface area contributed by atoms with Crippen molar-refractivity contribution in [2.75, 3.05) is 13.1 Å². The molecule has 0 radical (unpaired) electrons. The second-order valence-corrected chi connectivity index (χ2v) is 6.40. The van der Waals surface area contributed by atoms with Crippen LogP contribution in [-0.4, -0.2) is 35.3 Å². The molecular weight excluding hydrogens is 264 g/mol. The average molecular weight is 296 g/mol. The van der Waals surface area contributed by atoms with Crippen LogP contribution in [0.15, 0.2) is 0 Å². The SMILES string of the molecule is CCCCCCCCCN1CCC(=O)NC(C)(CC)C1=O. The van der Waals surface area contributed by atoms with Gasteiger partial charge < -0.3 is 10.2 Å². The number of hydrogen-bond acceptors (Lipinski definition) is 2. The maximum atomic E-state index is 12.6. The summed E-state index contributed by atoms with van der Waals surface area (Å²) < 4.78 is 0. The highest BCUT2D eigenvalue weighted by Gasteiger charge is 2.38. The van der Waals surface area contributed by atoms with Crippen molar-refractivity contribution in [3.05, 3.63) is 0 Å². The Morgan fingerprint density at radius 2 is 1.67 bits per heavy atom. The summed E-state index contributed by atoms with van der Waals surface area (Å²) in [6.45, 7) is 7.38. The van der Waals surface area contributed by atoms with Gasteiger partial charge in [0, 0.05) is 19.5 Å². The number of hydrogen-bond donors (Lipinski definition) is 1. The maximum Gasteiger partial charge on any atom is 0.248 e. The van der Waals surface area contributed by atoms with Crippen LogP contribution < -0.4 is 5.32 Å². The van der Waals surface area contributed by atoms with E-state index in [2.05, 4.69) is 12.2 Å². The van der Waals surface area contributed by atoms with Crippen molar-refractivity contribution in [1.29, 1.82) is 0 Å². The first-order valence-electron chi connectivity index (χ1n) is 8.64. The van der Waals surface area contributed by atoms with E-state index in [-0.39, 0.29) is 11.8 Å². The lowest BCUT2D eigenvalue weighted by Gasteiger charge is -2.31. The monoisotopic (exact) mass is 296 g/mol. The fourth-order valence-electron chi connectivity index (χ4n) is 2.82. The second kappa shape index (κ2) is 9.06. The van der Waals surface area contributed by atoms with Crippen LogP contribution >= 0.6 is 0 Å². The standard InChI is InChI=1S/C17H32N2O2/c1-4-6-7-8-9-10-11-13-19-14-12-15(20)18-17(3,5-2)16(19)21/h4-14H2,1-3H3,(H,18,20). The van der Waals surface area contributed by atoms with Crippen molar-refractivity contribution in [2.24, 2.45) is 0 Å². The van der Waals surface area contributed by atoms with E-state index in [1.54, 1.807) is 0 Å². The van der Waals surface area contributed by atoms with Crippen molar-refractivity contribution in [2.45, 2.75) is 84.1 Å². The molecule has 4 heteroatoms. The summed E-state index contributed by atoms with van der Waals surface area (Å²) in [6, 6.07) is 0. The summed E-state index contributed by atoms with van der Waals surface area (Å²) in [5, 5.41) is 2.88. The van der Waals surface area contributed by atoms with Gasteiger partial charge in [0.1, 0.15) is 5.54 Å². The Kier molecular flexibility index (Phi) is 7.76. The zero-order valence-corrected chi connectivity index (χ0v) is 14.0. The van der Waals surface area contributed by atoms with Crippen LogP contribution in [0, 0.1) is 0 Å². The first-order valence-corrected chi connectivity index (χ1v) is 8.64. The first-order chi connectivity index (χ1) is 10.0. The Morgan fingerprint density at radius 3 is 2.29 bits per heavy atom. The molecule has 122 valence electrons. The molecule has 0 saturated carbocycles. The van der Waals surface area contributed by atoms with Crippen LogP contribution in [0.4, 0.5) is 0 Å². The highest BCUT2D eigenvalue weighted by molar-refractivity contribution is 5.93. The van der Waals surface area contributed by atoms with Crippen molar-refractivity contribution < 1.29 is 9.59 Å². The third kappa shape index (κ3) is 5.68. The van der Waals surface area contributed by atoms with Crippen molar-refractivity contribution in [3.8, 4) is 0 Å². The molecule has 0 aliphatic carbocycles. The van der Waals surface area contributed by atoms with Crippen LogP contribution in [-0.2, 0) is 9.59 Å². The van der Waals surface area contributed by atoms with Crippen LogP contribution in [0.1, 0.15) is 78.6 Å². The van der Waals surface area contributed by atoms with Gasteiger partial charge in [0.2, 0.25) is 11.8 Å². The number of nitrogens with zero attached hydrogens (tertiary/aromatic N) is 1. The summed E-state index contributed by atoms with van der Waals surface area (Å²) in [5.74, 6) is 0.0802. The van der Waals surface area contributed by atoms with E-state index in [0.717, 1.165) is 13.0 Å². The van der Waals surface area contributed by atoms with Gasteiger partial charge in [-0.25, -0.2) is 0 Å². The van der Waals surface area contributed by atoms with Gasteiger partial charge in [-0.3, -0.25) is 9.59 Å². The number of rotatable bonds is 9. The minimum atomic E-state index is -0.714. The molecule has 0 aromatic rings. The molecule has 0 spiro atoms. The lowest BCUT2D eigenvalue weighted by Crippen LogP contribution is -2.54. The lowest BCUT2D eigenvalue weighted by molar-refractivity contribution is -0.138. The van der Waals surface area contributed by atoms with E-state index in [1.165, 1.54) is 38.5 Å². The number of unbranched alkanes of at least 4 members (excludes halogenated alkanes) is 6. The van der Waals surface area contributed by atoms with Gasteiger partial charge in [0.15, 0.2) is 0 Å². The zero-order valence-electron chi connectivity index (χ0n) is 14.0. The third-order valence-corrected chi connectivity index (χ3v) is 4.52. The summed E-state index contributed by atoms with van der Waals surface area (Å²) in [4.78, 5) is 26.2. The highest BCUT2D eigenvalue weighted by Crippen LogP contribution is 2.18. The van der Waals surface area contributed by atoms with Crippen LogP contribution in [0.25, 0.3) is 0 Å². The van der Waals surface area contributed by atoms with Crippen molar-refractivity contribution >= 4 is 11.8 Å². The van der Waals surface area contributed by atoms with Gasteiger partial charge in [-0.1, -0.05) is 52.4 Å². The molecule has 1 N–H and O–H groups in total. The van der Waals surface area contributed by atoms with E-state index in [0.29, 0.717) is 19.4 Å². The topological polar surface area (TPSA) is 49.4 Å². The molecular formula is C17H32N2O2. The lowest BCUT2D eigenvalue weighted by atomic mass is 9.97. The molecule has 4 nitrogen and oxygen atoms in total. The smallest absolute Gasteiger partial charge is 0.248 e. The molecule has 1 aliphatic rings. The van der Waals surface area contributed by atoms with E-state index in [1.807, 2.05) is 18.7 Å². The van der Waals surface area contributed by atoms with Crippen LogP contribution in [0.2, 0.25) is 0 Å². The van der Waals surface area contributed by atoms with E-state index >= 15 is 0 Å². The van der Waals surface area contributed by atoms with Gasteiger partial charge in [0.25, 0.3) is 0 Å². The molecule has 2 amide bonds. The van der Waals surface area contributed by atoms with Gasteiger partial charge in [-0.15, -0.1) is 0 Å². The summed E-state index contributed by atoms with van der Waals surface area (Å²) in [7, 11) is 0. The predicted molar refractivity (Wildman–Crippen MR) is 86.0 cm³/mol. The summed E-state index contributed by atoms with van der Waals surface area (Å²) >= 11 is 0. The third-order valence-electron chi connectivity index (χ3n) is 4.52. The molecule has 1 rings (SSSR count). The Balaban J connectivity index is 2.36. The van der Waals surface area contributed by atoms with Gasteiger partial charge in [-0.2, -0.15) is 0 Å². The van der Waals surface area contributed by atoms with Crippen LogP contribution in [0.3, 0.4) is 0 Å². The Hall–Kier alpha value is -1.06. The average Bonchev–Trinajstić information content (AvgIpc) is 2.58. The van der Waals surface area contributed by atoms with Crippen molar-refractivity contribution in [3.63, 3.8) is 0 Å². The number of carbonyl (C=O) groups excluding carboxylic acids is 2. The molecule has 21 heavy (non-hydrogen) atoms. The van der Waals surface area contributed by atoms with Gasteiger partial charge in [0.05, 0.1) is 0 Å². The number of amides is 2. The number of carbonyl (C=O) groups is 2. The normalized spacial score (nSPS) is 23.1. The fraction of sp³-hybridized carbons (Fsp3) is 0.882. The predicted octanol–water partition coefficient (Wildman–Crippen LogP) is 3.25. The largest absolute Gasteiger partial charge is 0.342 e. The minimum Gasteiger partial charge on any atom is -0.342 e. The van der Waals surface area contributed by atoms with E-state index in [4.69, 9.17) is 0 Å². The zero-order chi connectivity index (χ0) is 15.7. The van der Waals surface area contributed by atoms with Gasteiger partial charge in [-0.05, 0) is 19.8 Å². The fourth-order valence-corrected chi connectivity index (χ4v) is 2.82. The van der Waals surface area contributed by atoms with Crippen molar-refractivity contribution in [1.82, 2.24) is 10.2 Å². The minimum absolute atomic E-state index is 0.00485. The van der Waals surface area contributed by atoms with E-state index in [9.17, 15) is 9.59 Å². The number of nitrogens with one attached hydrogen (secondary N) is 1. The highest BCUT2D eigenvalue weighted by atomic mass is 16.2. The first kappa shape index (κ1) is 18.0. The summed E-state index contributed by atoms with van der Waals surface area (Å²) in [6.07, 6.45) is 9.78. The molecule has 1 fully saturated rings. The quantitative estimate of drug-likeness (QED) is 0.664. The summed E-state index contributed by atoms with van der Waals surface area (Å²) in [5.41, 5.74) is -0.714. The molecule has 1 heterocycles. The van der Waals surface area contributed by atoms with Crippen LogP contribution in [0.5, 0.6) is 0 Å². The molecule has 1 aliphatic heterocycles. The van der Waals surface area contributed by atoms with Gasteiger partial charge >= 0.3 is 0 Å². The van der Waals surface area contributed by atoms with E-state index < -0.39 is 5.54 Å². The molecule has 1 atom stereocenters. The Bertz CT molecular complexity index is 344. The Labute approximate surface area is 129 Å². The molecule has 1 unspecified atom stereocenters. The molecule has 0 bridgehead atoms. The molecule has 1 saturated heterocycles. The second-order valence-electron chi connectivity index (χ2n) is 6.40. The Morgan fingerprint density at radius 1 is 1.05 bits per heavy atom. The maximum absolute atomic E-state index is 12.6. The molecule has 0 aromatic carbocycles. The molecule has 0 aromatic heterocycles.